The molecule has 76 valence electrons. The van der Waals surface area contributed by atoms with Crippen LogP contribution < -0.4 is 0 Å². The van der Waals surface area contributed by atoms with E-state index in [1.807, 2.05) is 18.3 Å². The minimum Gasteiger partial charge on any atom is -0.256 e. The normalized spacial score (nSPS) is 10.5. The fraction of sp³-hybridized carbons (Fsp3) is 0.154. The van der Waals surface area contributed by atoms with Crippen molar-refractivity contribution in [2.45, 2.75) is 12.7 Å². The van der Waals surface area contributed by atoms with Gasteiger partial charge in [-0.25, -0.2) is 0 Å². The maximum atomic E-state index is 4.35. The summed E-state index contributed by atoms with van der Waals surface area (Å²) in [6.07, 6.45) is 3.68. The zero-order valence-electron chi connectivity index (χ0n) is 8.70. The number of aromatic nitrogens is 1. The van der Waals surface area contributed by atoms with E-state index < -0.39 is 0 Å². The van der Waals surface area contributed by atoms with Crippen molar-refractivity contribution in [1.82, 2.24) is 4.98 Å². The molecular weight excluding hydrogens is 202 g/mol. The predicted octanol–water partition coefficient (Wildman–Crippen LogP) is 3.62. The van der Waals surface area contributed by atoms with Gasteiger partial charge < -0.3 is 0 Å². The lowest BCUT2D eigenvalue weighted by Crippen LogP contribution is -1.89. The van der Waals surface area contributed by atoms with Gasteiger partial charge in [0.1, 0.15) is 0 Å². The second-order valence-electron chi connectivity index (χ2n) is 3.56. The first kappa shape index (κ1) is 10.2. The van der Waals surface area contributed by atoms with Crippen molar-refractivity contribution in [3.05, 3.63) is 47.7 Å². The van der Waals surface area contributed by atoms with Crippen LogP contribution in [-0.4, -0.2) is 4.98 Å². The van der Waals surface area contributed by atoms with Crippen molar-refractivity contribution in [3.63, 3.8) is 0 Å². The number of fused-ring (bicyclic) bond motifs is 1. The van der Waals surface area contributed by atoms with Gasteiger partial charge in [0.2, 0.25) is 0 Å². The fourth-order valence-electron chi connectivity index (χ4n) is 1.71. The lowest BCUT2D eigenvalue weighted by Gasteiger charge is -2.07. The van der Waals surface area contributed by atoms with Crippen molar-refractivity contribution in [2.75, 3.05) is 0 Å². The maximum Gasteiger partial charge on any atom is 0.0710 e. The number of nitrogens with zero attached hydrogens (tertiary/aromatic N) is 1. The minimum atomic E-state index is 0.757. The van der Waals surface area contributed by atoms with Crippen LogP contribution in [0, 0.1) is 6.92 Å². The first-order valence-corrected chi connectivity index (χ1v) is 5.51. The van der Waals surface area contributed by atoms with Crippen LogP contribution in [-0.2, 0) is 5.75 Å². The van der Waals surface area contributed by atoms with E-state index in [2.05, 4.69) is 43.2 Å². The molecule has 15 heavy (non-hydrogen) atoms. The molecule has 0 spiro atoms. The van der Waals surface area contributed by atoms with Gasteiger partial charge in [-0.15, -0.1) is 0 Å². The lowest BCUT2D eigenvalue weighted by molar-refractivity contribution is 1.31. The van der Waals surface area contributed by atoms with Crippen LogP contribution in [0.3, 0.4) is 0 Å². The predicted molar refractivity (Wildman–Crippen MR) is 69.3 cm³/mol. The molecule has 0 aliphatic heterocycles. The summed E-state index contributed by atoms with van der Waals surface area (Å²) in [5, 5.41) is 1.15. The summed E-state index contributed by atoms with van der Waals surface area (Å²) in [5.74, 6) is 0.757. The molecule has 0 bridgehead atoms. The first-order chi connectivity index (χ1) is 7.26. The molecule has 1 heterocycles. The molecule has 1 aromatic heterocycles. The zero-order valence-corrected chi connectivity index (χ0v) is 9.59. The molecule has 0 radical (unpaired) electrons. The molecule has 2 rings (SSSR count). The highest BCUT2D eigenvalue weighted by molar-refractivity contribution is 7.79. The third-order valence-electron chi connectivity index (χ3n) is 2.62. The second kappa shape index (κ2) is 4.07. The largest absolute Gasteiger partial charge is 0.256 e. The fourth-order valence-corrected chi connectivity index (χ4v) is 2.05. The Labute approximate surface area is 95.3 Å². The number of rotatable bonds is 2. The van der Waals surface area contributed by atoms with E-state index in [1.165, 1.54) is 11.1 Å². The molecule has 2 heteroatoms. The first-order valence-electron chi connectivity index (χ1n) is 4.88. The molecule has 0 saturated carbocycles. The summed E-state index contributed by atoms with van der Waals surface area (Å²) in [4.78, 5) is 4.35. The van der Waals surface area contributed by atoms with Gasteiger partial charge in [-0.2, -0.15) is 12.6 Å². The van der Waals surface area contributed by atoms with E-state index in [4.69, 9.17) is 0 Å². The van der Waals surface area contributed by atoms with Gasteiger partial charge in [-0.3, -0.25) is 4.98 Å². The van der Waals surface area contributed by atoms with E-state index in [1.54, 1.807) is 0 Å². The van der Waals surface area contributed by atoms with Crippen LogP contribution in [0.1, 0.15) is 16.7 Å². The standard InChI is InChI=1S/C13H13NS/c1-3-10-4-5-14-13-6-9(2)11(8-15)7-12(10)13/h3-7,15H,1,8H2,2H3. The van der Waals surface area contributed by atoms with Gasteiger partial charge in [-0.05, 0) is 41.8 Å². The van der Waals surface area contributed by atoms with Gasteiger partial charge in [0.25, 0.3) is 0 Å². The van der Waals surface area contributed by atoms with Gasteiger partial charge in [0.05, 0.1) is 5.52 Å². The van der Waals surface area contributed by atoms with Crippen LogP contribution in [0.25, 0.3) is 17.0 Å². The van der Waals surface area contributed by atoms with Crippen LogP contribution in [0.15, 0.2) is 31.0 Å². The smallest absolute Gasteiger partial charge is 0.0710 e. The van der Waals surface area contributed by atoms with Gasteiger partial charge >= 0.3 is 0 Å². The summed E-state index contributed by atoms with van der Waals surface area (Å²) in [6.45, 7) is 5.90. The highest BCUT2D eigenvalue weighted by Gasteiger charge is 2.03. The van der Waals surface area contributed by atoms with Gasteiger partial charge in [0.15, 0.2) is 0 Å². The molecule has 0 saturated heterocycles. The van der Waals surface area contributed by atoms with E-state index in [9.17, 15) is 0 Å². The highest BCUT2D eigenvalue weighted by atomic mass is 32.1. The quantitative estimate of drug-likeness (QED) is 0.755. The molecule has 1 aromatic carbocycles. The Morgan fingerprint density at radius 2 is 2.27 bits per heavy atom. The van der Waals surface area contributed by atoms with E-state index >= 15 is 0 Å². The molecule has 0 atom stereocenters. The lowest BCUT2D eigenvalue weighted by atomic mass is 10.0. The number of hydrogen-bond donors (Lipinski definition) is 1. The topological polar surface area (TPSA) is 12.9 Å². The van der Waals surface area contributed by atoms with Crippen LogP contribution >= 0.6 is 12.6 Å². The van der Waals surface area contributed by atoms with E-state index in [0.717, 1.165) is 22.2 Å². The van der Waals surface area contributed by atoms with Gasteiger partial charge in [0, 0.05) is 17.3 Å². The van der Waals surface area contributed by atoms with Crippen molar-refractivity contribution in [1.29, 1.82) is 0 Å². The molecule has 0 N–H and O–H groups in total. The molecule has 0 aliphatic rings. The van der Waals surface area contributed by atoms with Gasteiger partial charge in [-0.1, -0.05) is 12.7 Å². The SMILES string of the molecule is C=Cc1ccnc2cc(C)c(CS)cc12. The highest BCUT2D eigenvalue weighted by Crippen LogP contribution is 2.23. The van der Waals surface area contributed by atoms with Crippen LogP contribution in [0.5, 0.6) is 0 Å². The van der Waals surface area contributed by atoms with Crippen LogP contribution in [0.2, 0.25) is 0 Å². The average molecular weight is 215 g/mol. The minimum absolute atomic E-state index is 0.757. The summed E-state index contributed by atoms with van der Waals surface area (Å²) >= 11 is 4.32. The number of hydrogen-bond acceptors (Lipinski definition) is 2. The Morgan fingerprint density at radius 3 is 2.93 bits per heavy atom. The number of benzene rings is 1. The van der Waals surface area contributed by atoms with Crippen LogP contribution in [0.4, 0.5) is 0 Å². The molecular formula is C13H13NS. The zero-order chi connectivity index (χ0) is 10.8. The average Bonchev–Trinajstić information content (AvgIpc) is 2.27. The van der Waals surface area contributed by atoms with Crippen molar-refractivity contribution in [3.8, 4) is 0 Å². The molecule has 0 amide bonds. The Hall–Kier alpha value is -1.28. The number of thiol groups is 1. The Kier molecular flexibility index (Phi) is 2.78. The Balaban J connectivity index is 2.81. The molecule has 2 aromatic rings. The van der Waals surface area contributed by atoms with Crippen molar-refractivity contribution >= 4 is 29.6 Å². The summed E-state index contributed by atoms with van der Waals surface area (Å²) in [6, 6.07) is 6.24. The summed E-state index contributed by atoms with van der Waals surface area (Å²) in [5.41, 5.74) is 4.65. The molecule has 0 unspecified atom stereocenters. The van der Waals surface area contributed by atoms with Crippen molar-refractivity contribution in [2.24, 2.45) is 0 Å². The summed E-state index contributed by atoms with van der Waals surface area (Å²) in [7, 11) is 0. The van der Waals surface area contributed by atoms with Crippen molar-refractivity contribution < 1.29 is 0 Å². The molecule has 0 fully saturated rings. The summed E-state index contributed by atoms with van der Waals surface area (Å²) < 4.78 is 0. The second-order valence-corrected chi connectivity index (χ2v) is 3.87. The monoisotopic (exact) mass is 215 g/mol. The van der Waals surface area contributed by atoms with E-state index in [-0.39, 0.29) is 0 Å². The molecule has 1 nitrogen and oxygen atoms in total. The Bertz CT molecular complexity index is 517. The Morgan fingerprint density at radius 1 is 1.47 bits per heavy atom. The third-order valence-corrected chi connectivity index (χ3v) is 2.96. The molecule has 0 aliphatic carbocycles. The van der Waals surface area contributed by atoms with E-state index in [0.29, 0.717) is 0 Å². The maximum absolute atomic E-state index is 4.35. The third kappa shape index (κ3) is 1.77. The number of aryl methyl sites for hydroxylation is 1. The number of pyridine rings is 1.